The molecule has 0 aromatic rings. The average Bonchev–Trinajstić information content (AvgIpc) is 3.31. The summed E-state index contributed by atoms with van der Waals surface area (Å²) in [5.74, 6) is -1.31. The maximum Gasteiger partial charge on any atom is 0.408 e. The molecule has 3 amide bonds. The van der Waals surface area contributed by atoms with Crippen LogP contribution >= 0.6 is 0 Å². The number of fused-ring (bicyclic) bond motifs is 2. The van der Waals surface area contributed by atoms with Crippen LogP contribution in [-0.2, 0) is 23.9 Å². The van der Waals surface area contributed by atoms with E-state index in [9.17, 15) is 24.3 Å². The molecule has 10 heteroatoms. The smallest absolute Gasteiger partial charge is 0.408 e. The molecule has 3 N–H and O–H groups in total. The lowest BCUT2D eigenvalue weighted by Gasteiger charge is -2.30. The third-order valence-corrected chi connectivity index (χ3v) is 6.95. The summed E-state index contributed by atoms with van der Waals surface area (Å²) in [5.41, 5.74) is -1.90. The van der Waals surface area contributed by atoms with E-state index in [1.54, 1.807) is 27.7 Å². The van der Waals surface area contributed by atoms with Crippen LogP contribution in [0.2, 0.25) is 0 Å². The van der Waals surface area contributed by atoms with Gasteiger partial charge >= 0.3 is 12.1 Å². The minimum Gasteiger partial charge on any atom is -0.464 e. The highest BCUT2D eigenvalue weighted by molar-refractivity contribution is 5.96. The molecule has 0 aromatic heterocycles. The minimum absolute atomic E-state index is 0.0322. The molecule has 36 heavy (non-hydrogen) atoms. The molecule has 10 nitrogen and oxygen atoms in total. The number of alkyl carbamates (subject to hydrolysis) is 1. The van der Waals surface area contributed by atoms with Gasteiger partial charge in [0.05, 0.1) is 12.7 Å². The van der Waals surface area contributed by atoms with E-state index in [2.05, 4.69) is 17.6 Å². The number of aliphatic hydroxyl groups is 1. The highest BCUT2D eigenvalue weighted by atomic mass is 16.6. The van der Waals surface area contributed by atoms with Crippen LogP contribution in [-0.4, -0.2) is 76.4 Å². The topological polar surface area (TPSA) is 134 Å². The van der Waals surface area contributed by atoms with Crippen molar-refractivity contribution >= 4 is 23.9 Å². The van der Waals surface area contributed by atoms with Crippen LogP contribution in [0.3, 0.4) is 0 Å². The van der Waals surface area contributed by atoms with Crippen molar-refractivity contribution in [2.75, 3.05) is 13.2 Å². The molecule has 1 unspecified atom stereocenters. The predicted octanol–water partition coefficient (Wildman–Crippen LogP) is 2.05. The van der Waals surface area contributed by atoms with Gasteiger partial charge in [-0.3, -0.25) is 9.59 Å². The predicted molar refractivity (Wildman–Crippen MR) is 132 cm³/mol. The first-order valence-electron chi connectivity index (χ1n) is 13.0. The van der Waals surface area contributed by atoms with E-state index < -0.39 is 53.2 Å². The van der Waals surface area contributed by atoms with Crippen molar-refractivity contribution in [3.8, 4) is 0 Å². The minimum atomic E-state index is -1.16. The van der Waals surface area contributed by atoms with Crippen molar-refractivity contribution in [3.05, 3.63) is 12.2 Å². The number of aliphatic hydroxyl groups excluding tert-OH is 1. The number of carbonyl (C=O) groups excluding carboxylic acids is 4. The van der Waals surface area contributed by atoms with Gasteiger partial charge in [-0.15, -0.1) is 0 Å². The second-order valence-corrected chi connectivity index (χ2v) is 11.3. The van der Waals surface area contributed by atoms with E-state index in [-0.39, 0.29) is 25.5 Å². The van der Waals surface area contributed by atoms with Crippen LogP contribution in [0.15, 0.2) is 12.2 Å². The Morgan fingerprint density at radius 3 is 2.67 bits per heavy atom. The Bertz CT molecular complexity index is 883. The summed E-state index contributed by atoms with van der Waals surface area (Å²) in [6.45, 7) is 9.19. The number of nitrogens with one attached hydrogen (secondary N) is 2. The zero-order valence-corrected chi connectivity index (χ0v) is 22.0. The van der Waals surface area contributed by atoms with Gasteiger partial charge in [-0.25, -0.2) is 9.59 Å². The van der Waals surface area contributed by atoms with E-state index >= 15 is 0 Å². The van der Waals surface area contributed by atoms with Gasteiger partial charge in [-0.2, -0.15) is 0 Å². The number of allylic oxidation sites excluding steroid dienone is 1. The summed E-state index contributed by atoms with van der Waals surface area (Å²) < 4.78 is 10.6. The molecule has 6 atom stereocenters. The van der Waals surface area contributed by atoms with Gasteiger partial charge in [0, 0.05) is 18.9 Å². The zero-order valence-electron chi connectivity index (χ0n) is 22.0. The molecule has 2 aliphatic heterocycles. The Hall–Kier alpha value is -2.62. The van der Waals surface area contributed by atoms with Crippen LogP contribution in [0, 0.1) is 11.8 Å². The zero-order chi connectivity index (χ0) is 26.7. The molecule has 2 fully saturated rings. The van der Waals surface area contributed by atoms with Crippen molar-refractivity contribution in [3.63, 3.8) is 0 Å². The van der Waals surface area contributed by atoms with Crippen LogP contribution in [0.1, 0.15) is 73.1 Å². The van der Waals surface area contributed by atoms with Crippen molar-refractivity contribution < 1.29 is 33.8 Å². The summed E-state index contributed by atoms with van der Waals surface area (Å²) in [5, 5.41) is 15.9. The van der Waals surface area contributed by atoms with Crippen molar-refractivity contribution in [1.29, 1.82) is 0 Å². The molecule has 202 valence electrons. The normalized spacial score (nSPS) is 34.3. The number of amides is 3. The third kappa shape index (κ3) is 6.78. The lowest BCUT2D eigenvalue weighted by molar-refractivity contribution is -0.150. The fourth-order valence-electron chi connectivity index (χ4n) is 4.99. The van der Waals surface area contributed by atoms with E-state index in [0.717, 1.165) is 12.8 Å². The second-order valence-electron chi connectivity index (χ2n) is 11.3. The van der Waals surface area contributed by atoms with Gasteiger partial charge in [-0.1, -0.05) is 31.9 Å². The van der Waals surface area contributed by atoms with E-state index in [0.29, 0.717) is 25.2 Å². The second kappa shape index (κ2) is 11.2. The molecule has 0 radical (unpaired) electrons. The lowest BCUT2D eigenvalue weighted by Crippen LogP contribution is -2.56. The van der Waals surface area contributed by atoms with Gasteiger partial charge < -0.3 is 30.1 Å². The Balaban J connectivity index is 1.87. The van der Waals surface area contributed by atoms with Crippen LogP contribution < -0.4 is 10.6 Å². The fourth-order valence-corrected chi connectivity index (χ4v) is 4.99. The number of nitrogens with zero attached hydrogens (tertiary/aromatic N) is 1. The summed E-state index contributed by atoms with van der Waals surface area (Å²) in [6, 6.07) is -1.86. The highest BCUT2D eigenvalue weighted by Gasteiger charge is 2.62. The number of ether oxygens (including phenoxy) is 2. The number of esters is 1. The Morgan fingerprint density at radius 1 is 1.28 bits per heavy atom. The number of hydrogen-bond donors (Lipinski definition) is 3. The molecule has 1 saturated carbocycles. The molecule has 0 aromatic carbocycles. The van der Waals surface area contributed by atoms with E-state index in [1.165, 1.54) is 4.90 Å². The van der Waals surface area contributed by atoms with Crippen molar-refractivity contribution in [2.45, 2.75) is 102 Å². The summed E-state index contributed by atoms with van der Waals surface area (Å²) in [6.07, 6.45) is 5.57. The molecule has 3 rings (SSSR count). The van der Waals surface area contributed by atoms with E-state index in [4.69, 9.17) is 9.47 Å². The molecular weight excluding hydrogens is 466 g/mol. The van der Waals surface area contributed by atoms with Gasteiger partial charge in [0.25, 0.3) is 0 Å². The maximum atomic E-state index is 13.6. The summed E-state index contributed by atoms with van der Waals surface area (Å²) >= 11 is 0. The standard InChI is InChI=1S/C26H41N3O7/c1-6-35-23(33)26-14-17(26)11-7-9-16(2)10-8-12-19(27-24(34)36-25(3,4)5)22(32)29-15-18(30)13-20(29)21(31)28-26/h7,11,16-20,30H,6,8-10,12-15H2,1-5H3,(H,27,34)(H,28,31)/b11-7-/t16?,17-,18+,19-,20-,26+/m0/s1. The van der Waals surface area contributed by atoms with Gasteiger partial charge in [-0.05, 0) is 52.9 Å². The molecule has 0 spiro atoms. The molecular formula is C26H41N3O7. The van der Waals surface area contributed by atoms with Gasteiger partial charge in [0.2, 0.25) is 11.8 Å². The van der Waals surface area contributed by atoms with Crippen molar-refractivity contribution in [2.24, 2.45) is 11.8 Å². The molecule has 3 aliphatic rings. The Morgan fingerprint density at radius 2 is 2.00 bits per heavy atom. The number of carbonyl (C=O) groups is 4. The molecule has 1 saturated heterocycles. The number of rotatable bonds is 3. The number of hydrogen-bond acceptors (Lipinski definition) is 7. The third-order valence-electron chi connectivity index (χ3n) is 6.95. The summed E-state index contributed by atoms with van der Waals surface area (Å²) in [4.78, 5) is 53.6. The first-order chi connectivity index (χ1) is 16.9. The lowest BCUT2D eigenvalue weighted by atomic mass is 9.97. The molecule has 1 aliphatic carbocycles. The van der Waals surface area contributed by atoms with Gasteiger partial charge in [0.1, 0.15) is 23.2 Å². The van der Waals surface area contributed by atoms with Crippen LogP contribution in [0.4, 0.5) is 4.79 Å². The Labute approximate surface area is 213 Å². The highest BCUT2D eigenvalue weighted by Crippen LogP contribution is 2.46. The first-order valence-corrected chi connectivity index (χ1v) is 13.0. The van der Waals surface area contributed by atoms with Crippen molar-refractivity contribution in [1.82, 2.24) is 15.5 Å². The maximum absolute atomic E-state index is 13.6. The van der Waals surface area contributed by atoms with Crippen LogP contribution in [0.25, 0.3) is 0 Å². The largest absolute Gasteiger partial charge is 0.464 e. The van der Waals surface area contributed by atoms with Crippen LogP contribution in [0.5, 0.6) is 0 Å². The SMILES string of the molecule is CCOC(=O)[C@@]12C[C@@H]1/C=C\CC(C)CCC[C@H](NC(=O)OC(C)(C)C)C(=O)N1C[C@H](O)C[C@H]1C(=O)N2. The monoisotopic (exact) mass is 507 g/mol. The molecule has 0 bridgehead atoms. The first kappa shape index (κ1) is 28.0. The summed E-state index contributed by atoms with van der Waals surface area (Å²) in [7, 11) is 0. The van der Waals surface area contributed by atoms with E-state index in [1.807, 2.05) is 12.2 Å². The quantitative estimate of drug-likeness (QED) is 0.393. The van der Waals surface area contributed by atoms with Gasteiger partial charge in [0.15, 0.2) is 0 Å². The Kier molecular flexibility index (Phi) is 8.69. The molecule has 2 heterocycles. The average molecular weight is 508 g/mol. The fraction of sp³-hybridized carbons (Fsp3) is 0.769.